The largest absolute Gasteiger partial charge is 0.480 e. The van der Waals surface area contributed by atoms with Gasteiger partial charge in [-0.25, -0.2) is 0 Å². The van der Waals surface area contributed by atoms with Crippen LogP contribution in [0.3, 0.4) is 0 Å². The van der Waals surface area contributed by atoms with Gasteiger partial charge in [-0.05, 0) is 18.4 Å². The highest BCUT2D eigenvalue weighted by Crippen LogP contribution is 2.08. The third-order valence-corrected chi connectivity index (χ3v) is 2.20. The molecule has 0 saturated carbocycles. The van der Waals surface area contributed by atoms with E-state index in [1.807, 2.05) is 30.3 Å². The lowest BCUT2D eigenvalue weighted by Gasteiger charge is -2.03. The SMILES string of the molecule is O=C(O)[C@H](Cl)CCc1ccccc1. The van der Waals surface area contributed by atoms with Gasteiger partial charge in [0.25, 0.3) is 0 Å². The van der Waals surface area contributed by atoms with Gasteiger partial charge in [0.1, 0.15) is 5.38 Å². The van der Waals surface area contributed by atoms with Gasteiger partial charge < -0.3 is 5.11 Å². The number of aryl methyl sites for hydroxylation is 1. The fourth-order valence-electron chi connectivity index (χ4n) is 1.06. The Morgan fingerprint density at radius 1 is 1.38 bits per heavy atom. The maximum absolute atomic E-state index is 10.4. The molecule has 70 valence electrons. The number of aliphatic carboxylic acids is 1. The summed E-state index contributed by atoms with van der Waals surface area (Å²) in [6.45, 7) is 0. The molecule has 0 amide bonds. The lowest BCUT2D eigenvalue weighted by atomic mass is 10.1. The van der Waals surface area contributed by atoms with Gasteiger partial charge in [-0.1, -0.05) is 30.3 Å². The second-order valence-corrected chi connectivity index (χ2v) is 3.36. The molecular weight excluding hydrogens is 188 g/mol. The number of rotatable bonds is 4. The first-order valence-electron chi connectivity index (χ1n) is 4.11. The Balaban J connectivity index is 2.39. The summed E-state index contributed by atoms with van der Waals surface area (Å²) in [5, 5.41) is 7.75. The minimum Gasteiger partial charge on any atom is -0.480 e. The molecule has 0 saturated heterocycles. The second-order valence-electron chi connectivity index (χ2n) is 2.83. The van der Waals surface area contributed by atoms with Crippen LogP contribution in [0.2, 0.25) is 0 Å². The standard InChI is InChI=1S/C10H11ClO2/c11-9(10(12)13)7-6-8-4-2-1-3-5-8/h1-5,9H,6-7H2,(H,12,13)/t9-/m1/s1. The molecule has 0 bridgehead atoms. The summed E-state index contributed by atoms with van der Waals surface area (Å²) in [6.07, 6.45) is 1.18. The average Bonchev–Trinajstić information content (AvgIpc) is 2.15. The number of halogens is 1. The molecule has 0 heterocycles. The number of benzene rings is 1. The summed E-state index contributed by atoms with van der Waals surface area (Å²) in [5.74, 6) is -0.947. The minimum absolute atomic E-state index is 0.473. The molecule has 1 rings (SSSR count). The van der Waals surface area contributed by atoms with Gasteiger partial charge in [0.2, 0.25) is 0 Å². The fourth-order valence-corrected chi connectivity index (χ4v) is 1.17. The van der Waals surface area contributed by atoms with E-state index in [1.165, 1.54) is 0 Å². The van der Waals surface area contributed by atoms with Gasteiger partial charge in [-0.2, -0.15) is 0 Å². The molecule has 1 aromatic rings. The van der Waals surface area contributed by atoms with Crippen molar-refractivity contribution in [2.45, 2.75) is 18.2 Å². The highest BCUT2D eigenvalue weighted by atomic mass is 35.5. The lowest BCUT2D eigenvalue weighted by molar-refractivity contribution is -0.136. The monoisotopic (exact) mass is 198 g/mol. The summed E-state index contributed by atoms with van der Waals surface area (Å²) in [7, 11) is 0. The molecule has 1 N–H and O–H groups in total. The predicted molar refractivity (Wildman–Crippen MR) is 52.0 cm³/mol. The molecule has 0 aromatic heterocycles. The third kappa shape index (κ3) is 3.47. The van der Waals surface area contributed by atoms with E-state index >= 15 is 0 Å². The number of hydrogen-bond acceptors (Lipinski definition) is 1. The molecule has 13 heavy (non-hydrogen) atoms. The highest BCUT2D eigenvalue weighted by molar-refractivity contribution is 6.29. The summed E-state index contributed by atoms with van der Waals surface area (Å²) in [6, 6.07) is 9.72. The average molecular weight is 199 g/mol. The maximum atomic E-state index is 10.4. The summed E-state index contributed by atoms with van der Waals surface area (Å²) < 4.78 is 0. The van der Waals surface area contributed by atoms with E-state index in [4.69, 9.17) is 16.7 Å². The van der Waals surface area contributed by atoms with E-state index in [9.17, 15) is 4.79 Å². The van der Waals surface area contributed by atoms with Crippen LogP contribution in [-0.4, -0.2) is 16.5 Å². The van der Waals surface area contributed by atoms with E-state index in [1.54, 1.807) is 0 Å². The van der Waals surface area contributed by atoms with E-state index < -0.39 is 11.3 Å². The topological polar surface area (TPSA) is 37.3 Å². The van der Waals surface area contributed by atoms with Crippen LogP contribution >= 0.6 is 11.6 Å². The van der Waals surface area contributed by atoms with Crippen molar-refractivity contribution in [3.8, 4) is 0 Å². The van der Waals surface area contributed by atoms with Gasteiger partial charge in [-0.3, -0.25) is 4.79 Å². The van der Waals surface area contributed by atoms with Crippen LogP contribution in [0.15, 0.2) is 30.3 Å². The molecule has 0 spiro atoms. The van der Waals surface area contributed by atoms with Crippen molar-refractivity contribution in [3.05, 3.63) is 35.9 Å². The number of carbonyl (C=O) groups is 1. The molecule has 3 heteroatoms. The van der Waals surface area contributed by atoms with Crippen molar-refractivity contribution in [3.63, 3.8) is 0 Å². The van der Waals surface area contributed by atoms with Crippen LogP contribution < -0.4 is 0 Å². The van der Waals surface area contributed by atoms with Crippen LogP contribution in [0.4, 0.5) is 0 Å². The zero-order valence-electron chi connectivity index (χ0n) is 7.11. The zero-order chi connectivity index (χ0) is 9.68. The van der Waals surface area contributed by atoms with Crippen LogP contribution in [0.25, 0.3) is 0 Å². The first-order valence-corrected chi connectivity index (χ1v) is 4.54. The quantitative estimate of drug-likeness (QED) is 0.754. The Kier molecular flexibility index (Phi) is 3.77. The molecule has 0 aliphatic carbocycles. The molecular formula is C10H11ClO2. The van der Waals surface area contributed by atoms with E-state index in [2.05, 4.69) is 0 Å². The summed E-state index contributed by atoms with van der Waals surface area (Å²) >= 11 is 5.57. The molecule has 0 aliphatic heterocycles. The Morgan fingerprint density at radius 2 is 2.00 bits per heavy atom. The molecule has 2 nitrogen and oxygen atoms in total. The van der Waals surface area contributed by atoms with E-state index in [0.29, 0.717) is 12.8 Å². The normalized spacial score (nSPS) is 12.4. The van der Waals surface area contributed by atoms with Crippen molar-refractivity contribution in [1.29, 1.82) is 0 Å². The molecule has 0 unspecified atom stereocenters. The fraction of sp³-hybridized carbons (Fsp3) is 0.300. The molecule has 1 aromatic carbocycles. The van der Waals surface area contributed by atoms with Gasteiger partial charge in [-0.15, -0.1) is 11.6 Å². The molecule has 0 radical (unpaired) electrons. The highest BCUT2D eigenvalue weighted by Gasteiger charge is 2.12. The van der Waals surface area contributed by atoms with Crippen LogP contribution in [0, 0.1) is 0 Å². The third-order valence-electron chi connectivity index (χ3n) is 1.80. The maximum Gasteiger partial charge on any atom is 0.321 e. The van der Waals surface area contributed by atoms with Crippen molar-refractivity contribution < 1.29 is 9.90 Å². The second kappa shape index (κ2) is 4.87. The first kappa shape index (κ1) is 10.1. The van der Waals surface area contributed by atoms with Gasteiger partial charge in [0.05, 0.1) is 0 Å². The van der Waals surface area contributed by atoms with Crippen molar-refractivity contribution in [2.75, 3.05) is 0 Å². The van der Waals surface area contributed by atoms with Crippen LogP contribution in [-0.2, 0) is 11.2 Å². The van der Waals surface area contributed by atoms with Gasteiger partial charge in [0, 0.05) is 0 Å². The zero-order valence-corrected chi connectivity index (χ0v) is 7.87. The number of carboxylic acids is 1. The van der Waals surface area contributed by atoms with Crippen molar-refractivity contribution >= 4 is 17.6 Å². The molecule has 0 aliphatic rings. The first-order chi connectivity index (χ1) is 6.20. The summed E-state index contributed by atoms with van der Waals surface area (Å²) in [4.78, 5) is 10.4. The smallest absolute Gasteiger partial charge is 0.321 e. The Morgan fingerprint density at radius 3 is 2.54 bits per heavy atom. The summed E-state index contributed by atoms with van der Waals surface area (Å²) in [5.41, 5.74) is 1.12. The van der Waals surface area contributed by atoms with Gasteiger partial charge >= 0.3 is 5.97 Å². The minimum atomic E-state index is -0.947. The Labute approximate surface area is 82.2 Å². The van der Waals surface area contributed by atoms with E-state index in [0.717, 1.165) is 5.56 Å². The molecule has 0 fully saturated rings. The van der Waals surface area contributed by atoms with Crippen molar-refractivity contribution in [2.24, 2.45) is 0 Å². The Bertz CT molecular complexity index is 272. The number of alkyl halides is 1. The predicted octanol–water partition coefficient (Wildman–Crippen LogP) is 2.31. The number of carboxylic acid groups (broad SMARTS) is 1. The Hall–Kier alpha value is -1.02. The van der Waals surface area contributed by atoms with Crippen LogP contribution in [0.1, 0.15) is 12.0 Å². The van der Waals surface area contributed by atoms with Gasteiger partial charge in [0.15, 0.2) is 0 Å². The molecule has 1 atom stereocenters. The van der Waals surface area contributed by atoms with Crippen molar-refractivity contribution in [1.82, 2.24) is 0 Å². The number of hydrogen-bond donors (Lipinski definition) is 1. The lowest BCUT2D eigenvalue weighted by Crippen LogP contribution is -2.13. The van der Waals surface area contributed by atoms with E-state index in [-0.39, 0.29) is 0 Å². The van der Waals surface area contributed by atoms with Crippen LogP contribution in [0.5, 0.6) is 0 Å².